The summed E-state index contributed by atoms with van der Waals surface area (Å²) >= 11 is 6.00. The Kier molecular flexibility index (Phi) is 5.66. The van der Waals surface area contributed by atoms with Gasteiger partial charge in [0.2, 0.25) is 5.91 Å². The molecule has 0 spiro atoms. The van der Waals surface area contributed by atoms with Gasteiger partial charge in [-0.25, -0.2) is 9.69 Å². The average Bonchev–Trinajstić information content (AvgIpc) is 2.97. The number of nitrogens with zero attached hydrogens (tertiary/aromatic N) is 2. The van der Waals surface area contributed by atoms with Crippen molar-refractivity contribution in [2.45, 2.75) is 25.5 Å². The van der Waals surface area contributed by atoms with E-state index in [1.807, 2.05) is 30.3 Å². The molecular weight excluding hydrogens is 368 g/mol. The number of halogens is 1. The van der Waals surface area contributed by atoms with Gasteiger partial charge in [-0.15, -0.1) is 0 Å². The van der Waals surface area contributed by atoms with E-state index in [1.54, 1.807) is 31.3 Å². The highest BCUT2D eigenvalue weighted by atomic mass is 35.5. The fourth-order valence-electron chi connectivity index (χ4n) is 2.86. The third kappa shape index (κ3) is 4.23. The fraction of sp³-hybridized carbons (Fsp3) is 0.200. The number of pyridine rings is 1. The molecule has 0 bridgehead atoms. The minimum absolute atomic E-state index is 0.123. The molecule has 0 saturated carbocycles. The van der Waals surface area contributed by atoms with Crippen LogP contribution in [0.5, 0.6) is 0 Å². The van der Waals surface area contributed by atoms with E-state index < -0.39 is 36.4 Å². The highest BCUT2D eigenvalue weighted by molar-refractivity contribution is 6.45. The first-order valence-corrected chi connectivity index (χ1v) is 8.74. The van der Waals surface area contributed by atoms with Crippen LogP contribution in [0.3, 0.4) is 0 Å². The molecular formula is C20H17ClN2O4. The van der Waals surface area contributed by atoms with Crippen molar-refractivity contribution >= 4 is 35.5 Å². The number of ketones is 1. The zero-order valence-electron chi connectivity index (χ0n) is 14.5. The molecule has 2 atom stereocenters. The predicted molar refractivity (Wildman–Crippen MR) is 99.7 cm³/mol. The number of allylic oxidation sites excluding steroid dienone is 1. The summed E-state index contributed by atoms with van der Waals surface area (Å²) in [6.07, 6.45) is 1.09. The van der Waals surface area contributed by atoms with E-state index in [-0.39, 0.29) is 5.03 Å². The van der Waals surface area contributed by atoms with Gasteiger partial charge in [-0.05, 0) is 30.7 Å². The molecule has 0 N–H and O–H groups in total. The molecule has 0 radical (unpaired) electrons. The normalized spacial score (nSPS) is 19.7. The number of carbonyl (C=O) groups is 3. The summed E-state index contributed by atoms with van der Waals surface area (Å²) in [5.74, 6) is -1.24. The second kappa shape index (κ2) is 8.14. The molecule has 2 heterocycles. The SMILES string of the molecule is C[C@H]1[C@@H](c2ccccc2)OC(=O)N1C(=O)CC(=O)C(Cl)=Cc1ccccn1. The molecule has 1 saturated heterocycles. The van der Waals surface area contributed by atoms with Crippen LogP contribution in [0, 0.1) is 0 Å². The Bertz CT molecular complexity index is 883. The molecule has 1 aliphatic heterocycles. The van der Waals surface area contributed by atoms with E-state index in [1.165, 1.54) is 6.08 Å². The number of imide groups is 1. The highest BCUT2D eigenvalue weighted by Crippen LogP contribution is 2.32. The van der Waals surface area contributed by atoms with Gasteiger partial charge >= 0.3 is 6.09 Å². The van der Waals surface area contributed by atoms with Gasteiger partial charge in [0.25, 0.3) is 0 Å². The van der Waals surface area contributed by atoms with Crippen LogP contribution >= 0.6 is 11.6 Å². The van der Waals surface area contributed by atoms with Crippen LogP contribution in [0.15, 0.2) is 59.8 Å². The molecule has 1 aliphatic rings. The number of amides is 2. The van der Waals surface area contributed by atoms with Crippen molar-refractivity contribution in [2.24, 2.45) is 0 Å². The van der Waals surface area contributed by atoms with Gasteiger partial charge < -0.3 is 4.74 Å². The lowest BCUT2D eigenvalue weighted by molar-refractivity contribution is -0.132. The second-order valence-electron chi connectivity index (χ2n) is 6.07. The quantitative estimate of drug-likeness (QED) is 0.580. The van der Waals surface area contributed by atoms with Crippen molar-refractivity contribution in [3.05, 3.63) is 71.0 Å². The topological polar surface area (TPSA) is 76.6 Å². The minimum atomic E-state index is -0.765. The predicted octanol–water partition coefficient (Wildman–Crippen LogP) is 3.73. The fourth-order valence-corrected chi connectivity index (χ4v) is 3.04. The van der Waals surface area contributed by atoms with Crippen molar-refractivity contribution in [1.29, 1.82) is 0 Å². The molecule has 0 aliphatic carbocycles. The number of aromatic nitrogens is 1. The van der Waals surface area contributed by atoms with Gasteiger partial charge in [0.15, 0.2) is 5.78 Å². The number of hydrogen-bond acceptors (Lipinski definition) is 5. The Morgan fingerprint density at radius 1 is 1.19 bits per heavy atom. The summed E-state index contributed by atoms with van der Waals surface area (Å²) in [6, 6.07) is 13.8. The van der Waals surface area contributed by atoms with Gasteiger partial charge in [0.1, 0.15) is 6.10 Å². The number of benzene rings is 1. The smallest absolute Gasteiger partial charge is 0.417 e. The maximum atomic E-state index is 12.5. The third-order valence-corrected chi connectivity index (χ3v) is 4.53. The number of cyclic esters (lactones) is 1. The Hall–Kier alpha value is -2.99. The Morgan fingerprint density at radius 2 is 1.89 bits per heavy atom. The van der Waals surface area contributed by atoms with Crippen LogP contribution in [-0.2, 0) is 14.3 Å². The van der Waals surface area contributed by atoms with Gasteiger partial charge in [-0.1, -0.05) is 48.0 Å². The zero-order chi connectivity index (χ0) is 19.4. The number of carbonyl (C=O) groups excluding carboxylic acids is 3. The first-order valence-electron chi connectivity index (χ1n) is 8.36. The summed E-state index contributed by atoms with van der Waals surface area (Å²) in [5.41, 5.74) is 1.29. The molecule has 1 aromatic carbocycles. The monoisotopic (exact) mass is 384 g/mol. The number of hydrogen-bond donors (Lipinski definition) is 0. The molecule has 1 aromatic heterocycles. The number of Topliss-reactive ketones (excluding diaryl/α,β-unsaturated/α-hetero) is 1. The number of rotatable bonds is 5. The molecule has 27 heavy (non-hydrogen) atoms. The van der Waals surface area contributed by atoms with E-state index in [2.05, 4.69) is 4.98 Å². The molecule has 3 rings (SSSR count). The summed E-state index contributed by atoms with van der Waals surface area (Å²) in [7, 11) is 0. The first-order chi connectivity index (χ1) is 13.0. The van der Waals surface area contributed by atoms with Crippen molar-refractivity contribution in [2.75, 3.05) is 0 Å². The van der Waals surface area contributed by atoms with Gasteiger partial charge in [-0.3, -0.25) is 14.6 Å². The molecule has 6 nitrogen and oxygen atoms in total. The number of ether oxygens (including phenoxy) is 1. The Labute approximate surface area is 161 Å². The average molecular weight is 385 g/mol. The van der Waals surface area contributed by atoms with Gasteiger partial charge in [-0.2, -0.15) is 0 Å². The van der Waals surface area contributed by atoms with Crippen molar-refractivity contribution in [3.63, 3.8) is 0 Å². The molecule has 2 aromatic rings. The molecule has 1 fully saturated rings. The van der Waals surface area contributed by atoms with Crippen LogP contribution in [0.25, 0.3) is 6.08 Å². The van der Waals surface area contributed by atoms with Crippen molar-refractivity contribution in [1.82, 2.24) is 9.88 Å². The molecule has 7 heteroatoms. The van der Waals surface area contributed by atoms with E-state index in [9.17, 15) is 14.4 Å². The Morgan fingerprint density at radius 3 is 2.56 bits per heavy atom. The standard InChI is InChI=1S/C20H17ClN2O4/c1-13-19(14-7-3-2-4-8-14)27-20(26)23(13)18(25)12-17(24)16(21)11-15-9-5-6-10-22-15/h2-11,13,19H,12H2,1H3/t13-,19-/m0/s1. The molecule has 0 unspecified atom stereocenters. The summed E-state index contributed by atoms with van der Waals surface area (Å²) in [5, 5.41) is -0.123. The van der Waals surface area contributed by atoms with E-state index in [0.717, 1.165) is 10.5 Å². The third-order valence-electron chi connectivity index (χ3n) is 4.21. The lowest BCUT2D eigenvalue weighted by atomic mass is 10.0. The lowest BCUT2D eigenvalue weighted by Crippen LogP contribution is -2.38. The zero-order valence-corrected chi connectivity index (χ0v) is 15.3. The van der Waals surface area contributed by atoms with Crippen LogP contribution in [0.1, 0.15) is 30.7 Å². The van der Waals surface area contributed by atoms with E-state index >= 15 is 0 Å². The minimum Gasteiger partial charge on any atom is -0.439 e. The largest absolute Gasteiger partial charge is 0.439 e. The van der Waals surface area contributed by atoms with Crippen LogP contribution in [0.4, 0.5) is 4.79 Å². The van der Waals surface area contributed by atoms with E-state index in [0.29, 0.717) is 5.69 Å². The summed E-state index contributed by atoms with van der Waals surface area (Å²) in [4.78, 5) is 41.9. The summed E-state index contributed by atoms with van der Waals surface area (Å²) in [6.45, 7) is 1.70. The molecule has 138 valence electrons. The Balaban J connectivity index is 1.69. The highest BCUT2D eigenvalue weighted by Gasteiger charge is 2.43. The van der Waals surface area contributed by atoms with E-state index in [4.69, 9.17) is 16.3 Å². The van der Waals surface area contributed by atoms with Gasteiger partial charge in [0.05, 0.1) is 23.2 Å². The first kappa shape index (κ1) is 18.8. The summed E-state index contributed by atoms with van der Waals surface area (Å²) < 4.78 is 5.33. The molecule has 2 amide bonds. The van der Waals surface area contributed by atoms with Crippen molar-refractivity contribution < 1.29 is 19.1 Å². The maximum absolute atomic E-state index is 12.5. The second-order valence-corrected chi connectivity index (χ2v) is 6.47. The maximum Gasteiger partial charge on any atom is 0.417 e. The van der Waals surface area contributed by atoms with Crippen LogP contribution in [-0.4, -0.2) is 33.7 Å². The lowest BCUT2D eigenvalue weighted by Gasteiger charge is -2.19. The van der Waals surface area contributed by atoms with Gasteiger partial charge in [0, 0.05) is 6.20 Å². The van der Waals surface area contributed by atoms with Crippen LogP contribution < -0.4 is 0 Å². The van der Waals surface area contributed by atoms with Crippen molar-refractivity contribution in [3.8, 4) is 0 Å². The van der Waals surface area contributed by atoms with Crippen LogP contribution in [0.2, 0.25) is 0 Å².